The van der Waals surface area contributed by atoms with Crippen molar-refractivity contribution in [3.63, 3.8) is 0 Å². The molecule has 0 aromatic rings. The molecule has 0 radical (unpaired) electrons. The lowest BCUT2D eigenvalue weighted by Crippen LogP contribution is -2.09. The zero-order valence-corrected chi connectivity index (χ0v) is 19.6. The Balaban J connectivity index is 3.19. The minimum Gasteiger partial charge on any atom is -0.466 e. The minimum absolute atomic E-state index is 0.0453. The van der Waals surface area contributed by atoms with E-state index in [9.17, 15) is 9.59 Å². The number of rotatable bonds is 21. The van der Waals surface area contributed by atoms with Gasteiger partial charge >= 0.3 is 11.9 Å². The van der Waals surface area contributed by atoms with Gasteiger partial charge in [-0.05, 0) is 26.2 Å². The first-order chi connectivity index (χ1) is 14.1. The quantitative estimate of drug-likeness (QED) is 0.146. The third-order valence-corrected chi connectivity index (χ3v) is 5.45. The van der Waals surface area contributed by atoms with Crippen LogP contribution in [-0.4, -0.2) is 25.2 Å². The van der Waals surface area contributed by atoms with Gasteiger partial charge in [-0.25, -0.2) is 0 Å². The summed E-state index contributed by atoms with van der Waals surface area (Å²) in [7, 11) is 0. The van der Waals surface area contributed by atoms with Crippen molar-refractivity contribution in [2.75, 3.05) is 13.2 Å². The number of unbranched alkanes of at least 4 members (excludes halogenated alkanes) is 13. The lowest BCUT2D eigenvalue weighted by molar-refractivity contribution is -0.144. The van der Waals surface area contributed by atoms with E-state index >= 15 is 0 Å². The number of hydrogen-bond donors (Lipinski definition) is 0. The third-order valence-electron chi connectivity index (χ3n) is 5.45. The van der Waals surface area contributed by atoms with Crippen LogP contribution in [0.3, 0.4) is 0 Å². The molecule has 0 saturated heterocycles. The molecule has 29 heavy (non-hydrogen) atoms. The summed E-state index contributed by atoms with van der Waals surface area (Å²) in [5, 5.41) is 0. The lowest BCUT2D eigenvalue weighted by atomic mass is 9.99. The van der Waals surface area contributed by atoms with Crippen LogP contribution >= 0.6 is 0 Å². The summed E-state index contributed by atoms with van der Waals surface area (Å²) in [5.41, 5.74) is 0. The average molecular weight is 413 g/mol. The Kier molecular flexibility index (Phi) is 20.9. The molecule has 0 spiro atoms. The van der Waals surface area contributed by atoms with Gasteiger partial charge in [0.25, 0.3) is 0 Å². The van der Waals surface area contributed by atoms with E-state index in [0.717, 1.165) is 19.3 Å². The molecule has 0 saturated carbocycles. The summed E-state index contributed by atoms with van der Waals surface area (Å²) in [5.74, 6) is 0.358. The van der Waals surface area contributed by atoms with E-state index in [1.807, 2.05) is 13.8 Å². The highest BCUT2D eigenvalue weighted by Gasteiger charge is 2.09. The number of carbonyl (C=O) groups is 2. The summed E-state index contributed by atoms with van der Waals surface area (Å²) in [4.78, 5) is 22.6. The van der Waals surface area contributed by atoms with E-state index in [-0.39, 0.29) is 11.9 Å². The lowest BCUT2D eigenvalue weighted by Gasteiger charge is -2.10. The molecule has 0 N–H and O–H groups in total. The van der Waals surface area contributed by atoms with E-state index in [0.29, 0.717) is 32.0 Å². The first-order valence-electron chi connectivity index (χ1n) is 12.4. The molecule has 1 atom stereocenters. The molecule has 0 rings (SSSR count). The maximum absolute atomic E-state index is 11.4. The topological polar surface area (TPSA) is 52.6 Å². The molecular formula is C25H48O4. The standard InChI is InChI=1S/C25H48O4/c1-4-28-24(26)21-19-17-15-13-11-9-7-6-8-10-12-14-16-18-20-23(3)22-25(27)29-5-2/h23H,4-22H2,1-3H3. The van der Waals surface area contributed by atoms with E-state index in [1.165, 1.54) is 77.0 Å². The van der Waals surface area contributed by atoms with Gasteiger partial charge in [0.05, 0.1) is 13.2 Å². The Morgan fingerprint density at radius 1 is 0.586 bits per heavy atom. The van der Waals surface area contributed by atoms with Gasteiger partial charge < -0.3 is 9.47 Å². The molecule has 0 aromatic carbocycles. The minimum atomic E-state index is -0.0472. The Hall–Kier alpha value is -1.06. The summed E-state index contributed by atoms with van der Waals surface area (Å²) < 4.78 is 9.94. The van der Waals surface area contributed by atoms with Gasteiger partial charge in [0, 0.05) is 12.8 Å². The first-order valence-corrected chi connectivity index (χ1v) is 12.4. The highest BCUT2D eigenvalue weighted by Crippen LogP contribution is 2.16. The van der Waals surface area contributed by atoms with Crippen LogP contribution in [0.25, 0.3) is 0 Å². The van der Waals surface area contributed by atoms with Gasteiger partial charge in [0.1, 0.15) is 0 Å². The monoisotopic (exact) mass is 412 g/mol. The average Bonchev–Trinajstić information content (AvgIpc) is 2.68. The first kappa shape index (κ1) is 27.9. The number of esters is 2. The van der Waals surface area contributed by atoms with Crippen molar-refractivity contribution in [2.45, 2.75) is 130 Å². The Morgan fingerprint density at radius 2 is 0.966 bits per heavy atom. The predicted octanol–water partition coefficient (Wildman–Crippen LogP) is 7.38. The van der Waals surface area contributed by atoms with Crippen LogP contribution in [0.2, 0.25) is 0 Å². The predicted molar refractivity (Wildman–Crippen MR) is 121 cm³/mol. The second-order valence-corrected chi connectivity index (χ2v) is 8.41. The SMILES string of the molecule is CCOC(=O)CCCCCCCCCCCCCCCCC(C)CC(=O)OCC. The van der Waals surface area contributed by atoms with E-state index in [2.05, 4.69) is 6.92 Å². The second kappa shape index (κ2) is 21.6. The van der Waals surface area contributed by atoms with Crippen LogP contribution in [-0.2, 0) is 19.1 Å². The van der Waals surface area contributed by atoms with Gasteiger partial charge in [-0.2, -0.15) is 0 Å². The smallest absolute Gasteiger partial charge is 0.306 e. The summed E-state index contributed by atoms with van der Waals surface area (Å²) in [6, 6.07) is 0. The highest BCUT2D eigenvalue weighted by atomic mass is 16.5. The number of ether oxygens (including phenoxy) is 2. The fraction of sp³-hybridized carbons (Fsp3) is 0.920. The molecule has 4 nitrogen and oxygen atoms in total. The van der Waals surface area contributed by atoms with Crippen molar-refractivity contribution in [3.05, 3.63) is 0 Å². The summed E-state index contributed by atoms with van der Waals surface area (Å²) in [6.45, 7) is 6.86. The Bertz CT molecular complexity index is 381. The van der Waals surface area contributed by atoms with Gasteiger partial charge in [-0.1, -0.05) is 96.8 Å². The van der Waals surface area contributed by atoms with Crippen molar-refractivity contribution in [3.8, 4) is 0 Å². The molecule has 0 aliphatic heterocycles. The molecule has 0 aromatic heterocycles. The molecule has 0 fully saturated rings. The van der Waals surface area contributed by atoms with Crippen molar-refractivity contribution < 1.29 is 19.1 Å². The molecule has 0 heterocycles. The van der Waals surface area contributed by atoms with Crippen LogP contribution in [0.15, 0.2) is 0 Å². The van der Waals surface area contributed by atoms with E-state index < -0.39 is 0 Å². The van der Waals surface area contributed by atoms with Crippen LogP contribution in [0, 0.1) is 5.92 Å². The fourth-order valence-electron chi connectivity index (χ4n) is 3.72. The molecule has 4 heteroatoms. The molecule has 1 unspecified atom stereocenters. The normalized spacial score (nSPS) is 12.0. The van der Waals surface area contributed by atoms with E-state index in [4.69, 9.17) is 9.47 Å². The molecule has 0 amide bonds. The van der Waals surface area contributed by atoms with E-state index in [1.54, 1.807) is 0 Å². The zero-order valence-electron chi connectivity index (χ0n) is 19.6. The van der Waals surface area contributed by atoms with Crippen LogP contribution < -0.4 is 0 Å². The van der Waals surface area contributed by atoms with Crippen LogP contribution in [0.4, 0.5) is 0 Å². The fourth-order valence-corrected chi connectivity index (χ4v) is 3.72. The van der Waals surface area contributed by atoms with Crippen molar-refractivity contribution in [1.29, 1.82) is 0 Å². The molecular weight excluding hydrogens is 364 g/mol. The van der Waals surface area contributed by atoms with Gasteiger partial charge in [-0.15, -0.1) is 0 Å². The van der Waals surface area contributed by atoms with Crippen LogP contribution in [0.1, 0.15) is 130 Å². The zero-order chi connectivity index (χ0) is 21.6. The molecule has 0 aliphatic rings. The van der Waals surface area contributed by atoms with Crippen LogP contribution in [0.5, 0.6) is 0 Å². The second-order valence-electron chi connectivity index (χ2n) is 8.41. The molecule has 0 bridgehead atoms. The Labute approximate surface area is 180 Å². The summed E-state index contributed by atoms with van der Waals surface area (Å²) >= 11 is 0. The highest BCUT2D eigenvalue weighted by molar-refractivity contribution is 5.69. The van der Waals surface area contributed by atoms with Gasteiger partial charge in [0.15, 0.2) is 0 Å². The maximum atomic E-state index is 11.4. The number of carbonyl (C=O) groups excluding carboxylic acids is 2. The molecule has 172 valence electrons. The van der Waals surface area contributed by atoms with Crippen molar-refractivity contribution >= 4 is 11.9 Å². The maximum Gasteiger partial charge on any atom is 0.306 e. The van der Waals surface area contributed by atoms with Gasteiger partial charge in [-0.3, -0.25) is 9.59 Å². The van der Waals surface area contributed by atoms with Crippen molar-refractivity contribution in [1.82, 2.24) is 0 Å². The Morgan fingerprint density at radius 3 is 1.41 bits per heavy atom. The largest absolute Gasteiger partial charge is 0.466 e. The molecule has 0 aliphatic carbocycles. The third kappa shape index (κ3) is 21.5. The summed E-state index contributed by atoms with van der Waals surface area (Å²) in [6.07, 6.45) is 20.4. The van der Waals surface area contributed by atoms with Crippen molar-refractivity contribution in [2.24, 2.45) is 5.92 Å². The number of hydrogen-bond acceptors (Lipinski definition) is 4. The van der Waals surface area contributed by atoms with Gasteiger partial charge in [0.2, 0.25) is 0 Å².